The van der Waals surface area contributed by atoms with Crippen LogP contribution in [0.3, 0.4) is 0 Å². The van der Waals surface area contributed by atoms with Crippen molar-refractivity contribution in [3.8, 4) is 0 Å². The van der Waals surface area contributed by atoms with Gasteiger partial charge >= 0.3 is 0 Å². The van der Waals surface area contributed by atoms with Gasteiger partial charge in [-0.1, -0.05) is 13.8 Å². The molecule has 0 spiro atoms. The molecule has 0 aliphatic carbocycles. The first-order chi connectivity index (χ1) is 10.2. The molecule has 2 aromatic rings. The van der Waals surface area contributed by atoms with Gasteiger partial charge in [0.1, 0.15) is 11.8 Å². The summed E-state index contributed by atoms with van der Waals surface area (Å²) in [5.41, 5.74) is 1.61. The first kappa shape index (κ1) is 14.3. The second kappa shape index (κ2) is 6.39. The van der Waals surface area contributed by atoms with E-state index < -0.39 is 0 Å². The molecule has 3 N–H and O–H groups in total. The molecule has 6 nitrogen and oxygen atoms in total. The van der Waals surface area contributed by atoms with E-state index in [0.29, 0.717) is 0 Å². The number of nitrogens with one attached hydrogen (secondary N) is 3. The van der Waals surface area contributed by atoms with Crippen LogP contribution in [0.5, 0.6) is 0 Å². The third-order valence-electron chi connectivity index (χ3n) is 4.30. The fraction of sp³-hybridized carbons (Fsp3) is 0.667. The minimum absolute atomic E-state index is 0.719. The lowest BCUT2D eigenvalue weighted by molar-refractivity contribution is -0.912. The van der Waals surface area contributed by atoms with Crippen molar-refractivity contribution in [3.63, 3.8) is 0 Å². The summed E-state index contributed by atoms with van der Waals surface area (Å²) in [6.45, 7) is 9.58. The summed E-state index contributed by atoms with van der Waals surface area (Å²) in [6, 6.07) is 0. The van der Waals surface area contributed by atoms with Gasteiger partial charge in [-0.3, -0.25) is 0 Å². The van der Waals surface area contributed by atoms with E-state index >= 15 is 0 Å². The maximum atomic E-state index is 4.29. The van der Waals surface area contributed by atoms with E-state index in [4.69, 9.17) is 0 Å². The van der Waals surface area contributed by atoms with Gasteiger partial charge in [0.2, 0.25) is 0 Å². The van der Waals surface area contributed by atoms with Gasteiger partial charge in [0.15, 0.2) is 11.5 Å². The number of piperidine rings is 1. The van der Waals surface area contributed by atoms with Crippen molar-refractivity contribution in [3.05, 3.63) is 12.7 Å². The molecular formula is C15H25N6+. The highest BCUT2D eigenvalue weighted by atomic mass is 15.1. The summed E-state index contributed by atoms with van der Waals surface area (Å²) in [4.78, 5) is 17.4. The number of aromatic nitrogens is 4. The van der Waals surface area contributed by atoms with Crippen LogP contribution in [0.2, 0.25) is 0 Å². The van der Waals surface area contributed by atoms with E-state index in [2.05, 4.69) is 39.1 Å². The van der Waals surface area contributed by atoms with Gasteiger partial charge in [-0.15, -0.1) is 0 Å². The molecule has 2 atom stereocenters. The molecule has 114 valence electrons. The monoisotopic (exact) mass is 289 g/mol. The predicted molar refractivity (Wildman–Crippen MR) is 83.3 cm³/mol. The predicted octanol–water partition coefficient (Wildman–Crippen LogP) is 0.716. The Balaban J connectivity index is 1.47. The molecule has 0 amide bonds. The molecule has 1 fully saturated rings. The Morgan fingerprint density at radius 2 is 2.05 bits per heavy atom. The Hall–Kier alpha value is -1.69. The van der Waals surface area contributed by atoms with Crippen molar-refractivity contribution in [2.24, 2.45) is 11.8 Å². The largest absolute Gasteiger partial charge is 0.368 e. The minimum Gasteiger partial charge on any atom is -0.368 e. The molecule has 1 aliphatic rings. The van der Waals surface area contributed by atoms with Gasteiger partial charge in [-0.05, 0) is 6.42 Å². The maximum absolute atomic E-state index is 4.29. The Labute approximate surface area is 125 Å². The fourth-order valence-electron chi connectivity index (χ4n) is 3.57. The number of imidazole rings is 1. The third-order valence-corrected chi connectivity index (χ3v) is 4.30. The number of anilines is 1. The zero-order chi connectivity index (χ0) is 14.7. The summed E-state index contributed by atoms with van der Waals surface area (Å²) < 4.78 is 0. The lowest BCUT2D eigenvalue weighted by Crippen LogP contribution is -3.14. The number of fused-ring (bicyclic) bond motifs is 1. The Morgan fingerprint density at radius 1 is 1.24 bits per heavy atom. The number of likely N-dealkylation sites (tertiary alicyclic amines) is 1. The van der Waals surface area contributed by atoms with E-state index in [-0.39, 0.29) is 0 Å². The average molecular weight is 289 g/mol. The molecule has 21 heavy (non-hydrogen) atoms. The smallest absolute Gasteiger partial charge is 0.182 e. The minimum atomic E-state index is 0.719. The lowest BCUT2D eigenvalue weighted by Gasteiger charge is -2.32. The number of nitrogens with zero attached hydrogens (tertiary/aromatic N) is 3. The zero-order valence-electron chi connectivity index (χ0n) is 12.9. The van der Waals surface area contributed by atoms with Crippen LogP contribution in [-0.2, 0) is 0 Å². The SMILES string of the molecule is C[C@H]1C[C@H](C)C[NH+](CCCNc2ncnc3nc[nH]c23)C1. The molecule has 6 heteroatoms. The van der Waals surface area contributed by atoms with Crippen molar-refractivity contribution < 1.29 is 4.90 Å². The van der Waals surface area contributed by atoms with Gasteiger partial charge in [0.05, 0.1) is 26.0 Å². The third kappa shape index (κ3) is 3.50. The molecule has 0 aromatic carbocycles. The van der Waals surface area contributed by atoms with Gasteiger partial charge < -0.3 is 15.2 Å². The molecular weight excluding hydrogens is 264 g/mol. The highest BCUT2D eigenvalue weighted by molar-refractivity contribution is 5.81. The van der Waals surface area contributed by atoms with Crippen LogP contribution < -0.4 is 10.2 Å². The number of hydrogen-bond acceptors (Lipinski definition) is 4. The molecule has 0 saturated carbocycles. The summed E-state index contributed by atoms with van der Waals surface area (Å²) in [5.74, 6) is 2.58. The number of hydrogen-bond donors (Lipinski definition) is 3. The maximum Gasteiger partial charge on any atom is 0.182 e. The van der Waals surface area contributed by atoms with E-state index in [1.165, 1.54) is 26.1 Å². The Morgan fingerprint density at radius 3 is 2.86 bits per heavy atom. The van der Waals surface area contributed by atoms with Crippen LogP contribution in [-0.4, -0.2) is 46.1 Å². The number of rotatable bonds is 5. The van der Waals surface area contributed by atoms with Gasteiger partial charge in [-0.25, -0.2) is 15.0 Å². The normalized spacial score (nSPS) is 26.1. The molecule has 1 saturated heterocycles. The summed E-state index contributed by atoms with van der Waals surface area (Å²) in [7, 11) is 0. The second-order valence-electron chi connectivity index (χ2n) is 6.46. The number of quaternary nitrogens is 1. The van der Waals surface area contributed by atoms with Crippen molar-refractivity contribution >= 4 is 17.0 Å². The molecule has 0 bridgehead atoms. The van der Waals surface area contributed by atoms with Crippen LogP contribution in [0.25, 0.3) is 11.2 Å². The topological polar surface area (TPSA) is 70.9 Å². The Bertz CT molecular complexity index is 570. The van der Waals surface area contributed by atoms with Crippen LogP contribution >= 0.6 is 0 Å². The quantitative estimate of drug-likeness (QED) is 0.709. The summed E-state index contributed by atoms with van der Waals surface area (Å²) in [6.07, 6.45) is 5.77. The zero-order valence-corrected chi connectivity index (χ0v) is 12.9. The van der Waals surface area contributed by atoms with E-state index in [1.54, 1.807) is 17.6 Å². The molecule has 0 unspecified atom stereocenters. The van der Waals surface area contributed by atoms with Crippen LogP contribution in [0, 0.1) is 11.8 Å². The summed E-state index contributed by atoms with van der Waals surface area (Å²) in [5, 5.41) is 3.40. The van der Waals surface area contributed by atoms with E-state index in [1.807, 2.05) is 0 Å². The average Bonchev–Trinajstić information content (AvgIpc) is 2.91. The first-order valence-corrected chi connectivity index (χ1v) is 7.94. The molecule has 3 rings (SSSR count). The van der Waals surface area contributed by atoms with Gasteiger partial charge in [0.25, 0.3) is 0 Å². The molecule has 0 radical (unpaired) electrons. The van der Waals surface area contributed by atoms with Crippen LogP contribution in [0.4, 0.5) is 5.82 Å². The molecule has 1 aliphatic heterocycles. The highest BCUT2D eigenvalue weighted by Gasteiger charge is 2.24. The second-order valence-corrected chi connectivity index (χ2v) is 6.46. The van der Waals surface area contributed by atoms with E-state index in [9.17, 15) is 0 Å². The number of aromatic amines is 1. The lowest BCUT2D eigenvalue weighted by atomic mass is 9.92. The van der Waals surface area contributed by atoms with Crippen LogP contribution in [0.1, 0.15) is 26.7 Å². The highest BCUT2D eigenvalue weighted by Crippen LogP contribution is 2.14. The summed E-state index contributed by atoms with van der Waals surface area (Å²) >= 11 is 0. The first-order valence-electron chi connectivity index (χ1n) is 7.94. The Kier molecular flexibility index (Phi) is 4.34. The number of H-pyrrole nitrogens is 1. The van der Waals surface area contributed by atoms with Crippen molar-refractivity contribution in [2.45, 2.75) is 26.7 Å². The van der Waals surface area contributed by atoms with Crippen molar-refractivity contribution in [2.75, 3.05) is 31.5 Å². The van der Waals surface area contributed by atoms with Gasteiger partial charge in [-0.2, -0.15) is 0 Å². The van der Waals surface area contributed by atoms with Crippen LogP contribution in [0.15, 0.2) is 12.7 Å². The molecule has 3 heterocycles. The van der Waals surface area contributed by atoms with Crippen molar-refractivity contribution in [1.82, 2.24) is 19.9 Å². The van der Waals surface area contributed by atoms with Gasteiger partial charge in [0, 0.05) is 24.8 Å². The van der Waals surface area contributed by atoms with E-state index in [0.717, 1.165) is 41.8 Å². The fourth-order valence-corrected chi connectivity index (χ4v) is 3.57. The molecule has 2 aromatic heterocycles. The standard InChI is InChI=1S/C15H24N6/c1-11-6-12(2)8-21(7-11)5-3-4-16-14-13-15(18-9-17-13)20-10-19-14/h9-12H,3-8H2,1-2H3,(H2,16,17,18,19,20)/p+1/t11-,12-/m0/s1. The van der Waals surface area contributed by atoms with Crippen molar-refractivity contribution in [1.29, 1.82) is 0 Å².